The Balaban J connectivity index is 2.06. The third-order valence-corrected chi connectivity index (χ3v) is 4.21. The molecule has 1 aromatic carbocycles. The highest BCUT2D eigenvalue weighted by atomic mass is 35.5. The van der Waals surface area contributed by atoms with E-state index < -0.39 is 0 Å². The minimum Gasteiger partial charge on any atom is -0.351 e. The predicted molar refractivity (Wildman–Crippen MR) is 100 cm³/mol. The number of amides is 2. The Hall–Kier alpha value is -2.40. The van der Waals surface area contributed by atoms with Crippen molar-refractivity contribution in [1.29, 1.82) is 0 Å². The predicted octanol–water partition coefficient (Wildman–Crippen LogP) is 4.22. The molecule has 0 bridgehead atoms. The number of carbonyl (C=O) groups excluding carboxylic acids is 2. The van der Waals surface area contributed by atoms with Gasteiger partial charge < -0.3 is 10.6 Å². The van der Waals surface area contributed by atoms with Crippen molar-refractivity contribution in [2.75, 3.05) is 11.9 Å². The van der Waals surface area contributed by atoms with Crippen molar-refractivity contribution >= 4 is 29.1 Å². The maximum Gasteiger partial charge on any atom is 0.274 e. The number of aromatic nitrogens is 1. The Labute approximate surface area is 152 Å². The summed E-state index contributed by atoms with van der Waals surface area (Å²) in [7, 11) is 0. The number of hydrogen-bond donors (Lipinski definition) is 2. The van der Waals surface area contributed by atoms with Crippen LogP contribution in [0.1, 0.15) is 52.7 Å². The van der Waals surface area contributed by atoms with Crippen molar-refractivity contribution in [3.05, 3.63) is 58.4 Å². The Bertz CT molecular complexity index is 762. The zero-order valence-electron chi connectivity index (χ0n) is 14.4. The van der Waals surface area contributed by atoms with E-state index in [-0.39, 0.29) is 23.2 Å². The second-order valence-electron chi connectivity index (χ2n) is 5.74. The van der Waals surface area contributed by atoms with Gasteiger partial charge in [0.05, 0.1) is 0 Å². The Morgan fingerprint density at radius 1 is 1.04 bits per heavy atom. The van der Waals surface area contributed by atoms with Gasteiger partial charge in [0.1, 0.15) is 11.4 Å². The SMILES string of the molecule is CCCCCNC(=O)c1cccc(C(=O)Nc2cccc(Cl)c2C)n1. The molecule has 0 aliphatic heterocycles. The minimum absolute atomic E-state index is 0.181. The summed E-state index contributed by atoms with van der Waals surface area (Å²) in [5.41, 5.74) is 1.81. The summed E-state index contributed by atoms with van der Waals surface area (Å²) in [4.78, 5) is 28.7. The second-order valence-corrected chi connectivity index (χ2v) is 6.14. The molecule has 0 fully saturated rings. The third-order valence-electron chi connectivity index (χ3n) is 3.80. The maximum atomic E-state index is 12.4. The minimum atomic E-state index is -0.383. The Morgan fingerprint density at radius 2 is 1.72 bits per heavy atom. The van der Waals surface area contributed by atoms with Crippen molar-refractivity contribution in [3.63, 3.8) is 0 Å². The highest BCUT2D eigenvalue weighted by Crippen LogP contribution is 2.23. The highest BCUT2D eigenvalue weighted by Gasteiger charge is 2.13. The van der Waals surface area contributed by atoms with Crippen molar-refractivity contribution in [2.24, 2.45) is 0 Å². The van der Waals surface area contributed by atoms with Gasteiger partial charge in [-0.05, 0) is 43.2 Å². The fraction of sp³-hybridized carbons (Fsp3) is 0.316. The van der Waals surface area contributed by atoms with Crippen LogP contribution in [0.25, 0.3) is 0 Å². The van der Waals surface area contributed by atoms with E-state index in [0.717, 1.165) is 24.8 Å². The summed E-state index contributed by atoms with van der Waals surface area (Å²) in [6.07, 6.45) is 3.08. The number of hydrogen-bond acceptors (Lipinski definition) is 3. The van der Waals surface area contributed by atoms with Crippen LogP contribution >= 0.6 is 11.6 Å². The lowest BCUT2D eigenvalue weighted by atomic mass is 10.2. The third kappa shape index (κ3) is 5.29. The normalized spacial score (nSPS) is 10.4. The monoisotopic (exact) mass is 359 g/mol. The van der Waals surface area contributed by atoms with E-state index >= 15 is 0 Å². The number of nitrogens with one attached hydrogen (secondary N) is 2. The summed E-state index contributed by atoms with van der Waals surface area (Å²) < 4.78 is 0. The summed E-state index contributed by atoms with van der Waals surface area (Å²) in [6, 6.07) is 10.1. The lowest BCUT2D eigenvalue weighted by Crippen LogP contribution is -2.26. The van der Waals surface area contributed by atoms with Gasteiger partial charge in [-0.25, -0.2) is 4.98 Å². The average Bonchev–Trinajstić information content (AvgIpc) is 2.62. The van der Waals surface area contributed by atoms with E-state index in [1.165, 1.54) is 0 Å². The molecule has 132 valence electrons. The molecule has 0 radical (unpaired) electrons. The van der Waals surface area contributed by atoms with Gasteiger partial charge >= 0.3 is 0 Å². The van der Waals surface area contributed by atoms with Crippen LogP contribution in [0.4, 0.5) is 5.69 Å². The van der Waals surface area contributed by atoms with Crippen LogP contribution in [0.3, 0.4) is 0 Å². The van der Waals surface area contributed by atoms with E-state index in [2.05, 4.69) is 22.5 Å². The molecular weight excluding hydrogens is 338 g/mol. The zero-order chi connectivity index (χ0) is 18.2. The van der Waals surface area contributed by atoms with Crippen LogP contribution in [-0.2, 0) is 0 Å². The summed E-state index contributed by atoms with van der Waals surface area (Å²) in [5.74, 6) is -0.657. The number of rotatable bonds is 7. The van der Waals surface area contributed by atoms with E-state index in [1.54, 1.807) is 36.4 Å². The fourth-order valence-corrected chi connectivity index (χ4v) is 2.46. The zero-order valence-corrected chi connectivity index (χ0v) is 15.2. The molecule has 0 unspecified atom stereocenters. The van der Waals surface area contributed by atoms with Crippen molar-refractivity contribution in [3.8, 4) is 0 Å². The van der Waals surface area contributed by atoms with Gasteiger partial charge in [0.15, 0.2) is 0 Å². The first-order valence-corrected chi connectivity index (χ1v) is 8.72. The van der Waals surface area contributed by atoms with Crippen LogP contribution in [0.5, 0.6) is 0 Å². The van der Waals surface area contributed by atoms with Gasteiger partial charge in [-0.2, -0.15) is 0 Å². The van der Waals surface area contributed by atoms with Gasteiger partial charge in [0, 0.05) is 17.3 Å². The van der Waals surface area contributed by atoms with Gasteiger partial charge in [-0.1, -0.05) is 43.5 Å². The molecule has 0 atom stereocenters. The highest BCUT2D eigenvalue weighted by molar-refractivity contribution is 6.31. The molecule has 1 aromatic heterocycles. The molecular formula is C19H22ClN3O2. The standard InChI is InChI=1S/C19H22ClN3O2/c1-3-4-5-12-21-18(24)16-10-7-11-17(22-16)19(25)23-15-9-6-8-14(20)13(15)2/h6-11H,3-5,12H2,1-2H3,(H,21,24)(H,23,25). The molecule has 0 aliphatic rings. The Morgan fingerprint density at radius 3 is 2.44 bits per heavy atom. The average molecular weight is 360 g/mol. The quantitative estimate of drug-likeness (QED) is 0.727. The van der Waals surface area contributed by atoms with Gasteiger partial charge in [0.25, 0.3) is 11.8 Å². The van der Waals surface area contributed by atoms with Gasteiger partial charge in [0.2, 0.25) is 0 Å². The Kier molecular flexibility index (Phi) is 6.95. The number of benzene rings is 1. The van der Waals surface area contributed by atoms with Crippen molar-refractivity contribution in [2.45, 2.75) is 33.1 Å². The number of anilines is 1. The molecule has 25 heavy (non-hydrogen) atoms. The molecule has 1 heterocycles. The number of nitrogens with zero attached hydrogens (tertiary/aromatic N) is 1. The van der Waals surface area contributed by atoms with E-state index in [0.29, 0.717) is 17.3 Å². The molecule has 0 aliphatic carbocycles. The summed E-state index contributed by atoms with van der Waals surface area (Å²) in [6.45, 7) is 4.53. The van der Waals surface area contributed by atoms with Crippen LogP contribution in [0, 0.1) is 6.92 Å². The number of unbranched alkanes of at least 4 members (excludes halogenated alkanes) is 2. The molecule has 2 N–H and O–H groups in total. The van der Waals surface area contributed by atoms with Crippen LogP contribution in [0.15, 0.2) is 36.4 Å². The number of carbonyl (C=O) groups is 2. The second kappa shape index (κ2) is 9.18. The first kappa shape index (κ1) is 18.9. The first-order chi connectivity index (χ1) is 12.0. The van der Waals surface area contributed by atoms with Crippen molar-refractivity contribution < 1.29 is 9.59 Å². The molecule has 0 spiro atoms. The number of halogens is 1. The van der Waals surface area contributed by atoms with Crippen LogP contribution < -0.4 is 10.6 Å². The van der Waals surface area contributed by atoms with Crippen LogP contribution in [-0.4, -0.2) is 23.3 Å². The number of pyridine rings is 1. The molecule has 6 heteroatoms. The molecule has 5 nitrogen and oxygen atoms in total. The summed E-state index contributed by atoms with van der Waals surface area (Å²) in [5, 5.41) is 6.17. The molecule has 2 amide bonds. The first-order valence-electron chi connectivity index (χ1n) is 8.34. The van der Waals surface area contributed by atoms with Crippen LogP contribution in [0.2, 0.25) is 5.02 Å². The molecule has 2 aromatic rings. The molecule has 0 saturated carbocycles. The van der Waals surface area contributed by atoms with E-state index in [9.17, 15) is 9.59 Å². The smallest absolute Gasteiger partial charge is 0.274 e. The van der Waals surface area contributed by atoms with Crippen molar-refractivity contribution in [1.82, 2.24) is 10.3 Å². The molecule has 2 rings (SSSR count). The van der Waals surface area contributed by atoms with Gasteiger partial charge in [-0.15, -0.1) is 0 Å². The lowest BCUT2D eigenvalue weighted by molar-refractivity contribution is 0.0948. The molecule has 0 saturated heterocycles. The van der Waals surface area contributed by atoms with E-state index in [4.69, 9.17) is 11.6 Å². The largest absolute Gasteiger partial charge is 0.351 e. The van der Waals surface area contributed by atoms with E-state index in [1.807, 2.05) is 6.92 Å². The summed E-state index contributed by atoms with van der Waals surface area (Å²) >= 11 is 6.06. The fourth-order valence-electron chi connectivity index (χ4n) is 2.28. The lowest BCUT2D eigenvalue weighted by Gasteiger charge is -2.10. The van der Waals surface area contributed by atoms with Gasteiger partial charge in [-0.3, -0.25) is 9.59 Å². The maximum absolute atomic E-state index is 12.4. The topological polar surface area (TPSA) is 71.1 Å².